The van der Waals surface area contributed by atoms with E-state index in [9.17, 15) is 4.79 Å². The molecule has 1 heterocycles. The highest BCUT2D eigenvalue weighted by Gasteiger charge is 2.09. The summed E-state index contributed by atoms with van der Waals surface area (Å²) in [4.78, 5) is 17.2. The molecular weight excluding hydrogens is 252 g/mol. The van der Waals surface area contributed by atoms with Crippen LogP contribution in [0.4, 0.5) is 5.69 Å². The van der Waals surface area contributed by atoms with Gasteiger partial charge in [0.2, 0.25) is 0 Å². The summed E-state index contributed by atoms with van der Waals surface area (Å²) in [6.45, 7) is 0. The Balaban J connectivity index is 2.07. The van der Waals surface area contributed by atoms with Crippen LogP contribution in [-0.2, 0) is 12.8 Å². The Hall–Kier alpha value is -2.36. The third-order valence-corrected chi connectivity index (χ3v) is 3.27. The fourth-order valence-electron chi connectivity index (χ4n) is 2.07. The number of benzene rings is 1. The fourth-order valence-corrected chi connectivity index (χ4v) is 2.07. The number of hydrogen-bond donors (Lipinski definition) is 1. The highest BCUT2D eigenvalue weighted by atomic mass is 16.4. The molecule has 0 atom stereocenters. The summed E-state index contributed by atoms with van der Waals surface area (Å²) in [5.74, 6) is -0.898. The number of anilines is 1. The molecule has 0 amide bonds. The highest BCUT2D eigenvalue weighted by Crippen LogP contribution is 2.15. The lowest BCUT2D eigenvalue weighted by Crippen LogP contribution is -2.08. The number of carboxylic acids is 1. The first kappa shape index (κ1) is 14.1. The van der Waals surface area contributed by atoms with Gasteiger partial charge in [0.25, 0.3) is 0 Å². The van der Waals surface area contributed by atoms with Gasteiger partial charge in [-0.25, -0.2) is 4.79 Å². The molecule has 2 rings (SSSR count). The van der Waals surface area contributed by atoms with E-state index >= 15 is 0 Å². The molecule has 0 fully saturated rings. The number of carbonyl (C=O) groups is 1. The van der Waals surface area contributed by atoms with Gasteiger partial charge in [0.05, 0.1) is 5.56 Å². The summed E-state index contributed by atoms with van der Waals surface area (Å²) < 4.78 is 0. The SMILES string of the molecule is CN(C)c1ccc(CCc2cnccc2C(=O)O)cc1. The van der Waals surface area contributed by atoms with Gasteiger partial charge in [-0.2, -0.15) is 0 Å². The molecule has 0 spiro atoms. The number of hydrogen-bond acceptors (Lipinski definition) is 3. The first-order valence-corrected chi connectivity index (χ1v) is 6.50. The topological polar surface area (TPSA) is 53.4 Å². The summed E-state index contributed by atoms with van der Waals surface area (Å²) in [6, 6.07) is 9.83. The molecule has 20 heavy (non-hydrogen) atoms. The average Bonchev–Trinajstić information content (AvgIpc) is 2.45. The van der Waals surface area contributed by atoms with Crippen LogP contribution in [-0.4, -0.2) is 30.2 Å². The number of carboxylic acid groups (broad SMARTS) is 1. The first-order chi connectivity index (χ1) is 9.58. The number of aryl methyl sites for hydroxylation is 2. The van der Waals surface area contributed by atoms with Crippen molar-refractivity contribution in [3.63, 3.8) is 0 Å². The standard InChI is InChI=1S/C16H18N2O2/c1-18(2)14-7-4-12(5-8-14)3-6-13-11-17-10-9-15(13)16(19)20/h4-5,7-11H,3,6H2,1-2H3,(H,19,20). The van der Waals surface area contributed by atoms with Crippen LogP contribution < -0.4 is 4.90 Å². The van der Waals surface area contributed by atoms with Crippen molar-refractivity contribution >= 4 is 11.7 Å². The highest BCUT2D eigenvalue weighted by molar-refractivity contribution is 5.89. The summed E-state index contributed by atoms with van der Waals surface area (Å²) in [7, 11) is 4.01. The Morgan fingerprint density at radius 1 is 1.15 bits per heavy atom. The third kappa shape index (κ3) is 3.35. The van der Waals surface area contributed by atoms with Crippen molar-refractivity contribution < 1.29 is 9.90 Å². The molecule has 2 aromatic rings. The Bertz CT molecular complexity index is 592. The smallest absolute Gasteiger partial charge is 0.336 e. The molecule has 1 aromatic carbocycles. The van der Waals surface area contributed by atoms with E-state index in [4.69, 9.17) is 5.11 Å². The molecule has 1 aromatic heterocycles. The van der Waals surface area contributed by atoms with Gasteiger partial charge in [-0.3, -0.25) is 4.98 Å². The van der Waals surface area contributed by atoms with Crippen LogP contribution in [0.15, 0.2) is 42.7 Å². The lowest BCUT2D eigenvalue weighted by molar-refractivity contribution is 0.0695. The second-order valence-corrected chi connectivity index (χ2v) is 4.90. The van der Waals surface area contributed by atoms with Gasteiger partial charge in [0.1, 0.15) is 0 Å². The van der Waals surface area contributed by atoms with E-state index in [1.54, 1.807) is 12.3 Å². The molecule has 0 aliphatic heterocycles. The van der Waals surface area contributed by atoms with E-state index in [2.05, 4.69) is 29.2 Å². The Morgan fingerprint density at radius 2 is 1.85 bits per heavy atom. The van der Waals surface area contributed by atoms with Crippen LogP contribution in [0.25, 0.3) is 0 Å². The molecule has 0 bridgehead atoms. The number of aromatic carboxylic acids is 1. The molecule has 1 N–H and O–H groups in total. The van der Waals surface area contributed by atoms with Crippen LogP contribution in [0.1, 0.15) is 21.5 Å². The minimum absolute atomic E-state index is 0.338. The molecule has 104 valence electrons. The van der Waals surface area contributed by atoms with Gasteiger partial charge in [0, 0.05) is 32.2 Å². The molecule has 4 heteroatoms. The summed E-state index contributed by atoms with van der Waals surface area (Å²) in [5.41, 5.74) is 3.46. The number of aromatic nitrogens is 1. The zero-order valence-corrected chi connectivity index (χ0v) is 11.7. The molecular formula is C16H18N2O2. The van der Waals surface area contributed by atoms with Gasteiger partial charge in [-0.1, -0.05) is 12.1 Å². The second kappa shape index (κ2) is 6.19. The normalized spacial score (nSPS) is 10.3. The van der Waals surface area contributed by atoms with E-state index in [0.717, 1.165) is 17.7 Å². The molecule has 0 aliphatic rings. The van der Waals surface area contributed by atoms with Crippen molar-refractivity contribution in [3.8, 4) is 0 Å². The summed E-state index contributed by atoms with van der Waals surface area (Å²) >= 11 is 0. The van der Waals surface area contributed by atoms with Crippen LogP contribution >= 0.6 is 0 Å². The molecule has 0 unspecified atom stereocenters. The van der Waals surface area contributed by atoms with Gasteiger partial charge < -0.3 is 10.0 Å². The summed E-state index contributed by atoms with van der Waals surface area (Å²) in [6.07, 6.45) is 4.63. The molecule has 4 nitrogen and oxygen atoms in total. The van der Waals surface area contributed by atoms with E-state index in [1.807, 2.05) is 19.0 Å². The Kier molecular flexibility index (Phi) is 4.35. The molecule has 0 saturated heterocycles. The van der Waals surface area contributed by atoms with Gasteiger partial charge in [-0.15, -0.1) is 0 Å². The zero-order valence-electron chi connectivity index (χ0n) is 11.7. The fraction of sp³-hybridized carbons (Fsp3) is 0.250. The maximum absolute atomic E-state index is 11.1. The van der Waals surface area contributed by atoms with Crippen molar-refractivity contribution in [2.75, 3.05) is 19.0 Å². The van der Waals surface area contributed by atoms with Crippen LogP contribution in [0.3, 0.4) is 0 Å². The van der Waals surface area contributed by atoms with Gasteiger partial charge in [-0.05, 0) is 42.2 Å². The van der Waals surface area contributed by atoms with Crippen LogP contribution in [0, 0.1) is 0 Å². The largest absolute Gasteiger partial charge is 0.478 e. The van der Waals surface area contributed by atoms with Gasteiger partial charge >= 0.3 is 5.97 Å². The first-order valence-electron chi connectivity index (χ1n) is 6.50. The number of rotatable bonds is 5. The summed E-state index contributed by atoms with van der Waals surface area (Å²) in [5, 5.41) is 9.13. The minimum Gasteiger partial charge on any atom is -0.478 e. The predicted octanol–water partition coefficient (Wildman–Crippen LogP) is 2.63. The zero-order chi connectivity index (χ0) is 14.5. The monoisotopic (exact) mass is 270 g/mol. The molecule has 0 aliphatic carbocycles. The van der Waals surface area contributed by atoms with Crippen molar-refractivity contribution in [1.29, 1.82) is 0 Å². The lowest BCUT2D eigenvalue weighted by atomic mass is 10.0. The molecule has 0 radical (unpaired) electrons. The van der Waals surface area contributed by atoms with Crippen molar-refractivity contribution in [1.82, 2.24) is 4.98 Å². The Morgan fingerprint density at radius 3 is 2.45 bits per heavy atom. The van der Waals surface area contributed by atoms with E-state index < -0.39 is 5.97 Å². The van der Waals surface area contributed by atoms with Crippen LogP contribution in [0.5, 0.6) is 0 Å². The quantitative estimate of drug-likeness (QED) is 0.907. The third-order valence-electron chi connectivity index (χ3n) is 3.27. The number of nitrogens with zero attached hydrogens (tertiary/aromatic N) is 2. The predicted molar refractivity (Wildman–Crippen MR) is 79.4 cm³/mol. The van der Waals surface area contributed by atoms with E-state index in [-0.39, 0.29) is 0 Å². The van der Waals surface area contributed by atoms with Crippen LogP contribution in [0.2, 0.25) is 0 Å². The van der Waals surface area contributed by atoms with Crippen molar-refractivity contribution in [3.05, 3.63) is 59.4 Å². The maximum atomic E-state index is 11.1. The van der Waals surface area contributed by atoms with Crippen molar-refractivity contribution in [2.45, 2.75) is 12.8 Å². The van der Waals surface area contributed by atoms with Crippen molar-refractivity contribution in [2.24, 2.45) is 0 Å². The van der Waals surface area contributed by atoms with Gasteiger partial charge in [0.15, 0.2) is 0 Å². The maximum Gasteiger partial charge on any atom is 0.336 e. The Labute approximate surface area is 118 Å². The number of pyridine rings is 1. The minimum atomic E-state index is -0.898. The lowest BCUT2D eigenvalue weighted by Gasteiger charge is -2.12. The second-order valence-electron chi connectivity index (χ2n) is 4.90. The average molecular weight is 270 g/mol. The van der Waals surface area contributed by atoms with E-state index in [0.29, 0.717) is 12.0 Å². The molecule has 0 saturated carbocycles. The van der Waals surface area contributed by atoms with E-state index in [1.165, 1.54) is 11.8 Å².